The number of ether oxygens (including phenoxy) is 2. The second kappa shape index (κ2) is 7.22. The van der Waals surface area contributed by atoms with Gasteiger partial charge in [-0.25, -0.2) is 4.79 Å². The van der Waals surface area contributed by atoms with Gasteiger partial charge in [0.2, 0.25) is 0 Å². The molecule has 6 heteroatoms. The molecule has 0 aromatic carbocycles. The number of piperidine rings is 1. The number of carbonyl (C=O) groups excluding carboxylic acids is 1. The fraction of sp³-hybridized carbons (Fsp3) is 0.846. The van der Waals surface area contributed by atoms with Gasteiger partial charge in [0.1, 0.15) is 11.4 Å². The van der Waals surface area contributed by atoms with Gasteiger partial charge < -0.3 is 18.9 Å². The molecular formula is C26H38N2O4. The van der Waals surface area contributed by atoms with Crippen molar-refractivity contribution in [2.24, 2.45) is 11.3 Å². The summed E-state index contributed by atoms with van der Waals surface area (Å²) >= 11 is 0. The third-order valence-electron chi connectivity index (χ3n) is 8.93. The molecular weight excluding hydrogens is 404 g/mol. The summed E-state index contributed by atoms with van der Waals surface area (Å²) in [6.45, 7) is 8.86. The molecule has 3 saturated carbocycles. The quantitative estimate of drug-likeness (QED) is 0.568. The first-order valence-corrected chi connectivity index (χ1v) is 12.9. The largest absolute Gasteiger partial charge is 0.444 e. The van der Waals surface area contributed by atoms with Crippen molar-refractivity contribution in [3.63, 3.8) is 0 Å². The smallest absolute Gasteiger partial charge is 0.410 e. The number of aromatic nitrogens is 1. The molecule has 2 aliphatic heterocycles. The van der Waals surface area contributed by atoms with Crippen LogP contribution in [0, 0.1) is 11.3 Å². The second-order valence-electron chi connectivity index (χ2n) is 12.3. The van der Waals surface area contributed by atoms with Crippen LogP contribution >= 0.6 is 0 Å². The predicted molar refractivity (Wildman–Crippen MR) is 119 cm³/mol. The van der Waals surface area contributed by atoms with Crippen molar-refractivity contribution in [2.75, 3.05) is 0 Å². The van der Waals surface area contributed by atoms with Crippen molar-refractivity contribution in [3.8, 4) is 0 Å². The van der Waals surface area contributed by atoms with Crippen molar-refractivity contribution in [3.05, 3.63) is 17.0 Å². The molecule has 0 radical (unpaired) electrons. The topological polar surface area (TPSA) is 64.8 Å². The molecule has 2 saturated heterocycles. The number of rotatable bonds is 5. The maximum atomic E-state index is 12.7. The zero-order valence-corrected chi connectivity index (χ0v) is 20.1. The van der Waals surface area contributed by atoms with E-state index in [1.165, 1.54) is 43.4 Å². The lowest BCUT2D eigenvalue weighted by atomic mass is 9.97. The number of fused-ring (bicyclic) bond motifs is 3. The summed E-state index contributed by atoms with van der Waals surface area (Å²) in [6, 6.07) is 0.472. The molecule has 32 heavy (non-hydrogen) atoms. The molecule has 1 aromatic rings. The molecule has 5 fully saturated rings. The Labute approximate surface area is 191 Å². The molecule has 5 unspecified atom stereocenters. The Kier molecular flexibility index (Phi) is 4.74. The summed E-state index contributed by atoms with van der Waals surface area (Å²) in [6.07, 6.45) is 10.4. The van der Waals surface area contributed by atoms with Crippen molar-refractivity contribution < 1.29 is 18.8 Å². The lowest BCUT2D eigenvalue weighted by Gasteiger charge is -2.39. The number of nitrogens with zero attached hydrogens (tertiary/aromatic N) is 2. The highest BCUT2D eigenvalue weighted by atomic mass is 16.6. The number of carbonyl (C=O) groups is 1. The Hall–Kier alpha value is -1.56. The number of amides is 1. The standard InChI is InChI=1S/C26H38N2O4/c1-25(2,3)31-24(29)28-16-9-10-17(28)13-18(12-16)30-14-19-22(27-32-23(19)15-7-8-15)21-20-6-5-11-26(20,21)4/h15-18,20-21H,5-14H2,1-4H3. The first kappa shape index (κ1) is 21.0. The molecule has 176 valence electrons. The van der Waals surface area contributed by atoms with Crippen molar-refractivity contribution >= 4 is 6.09 Å². The molecule has 5 aliphatic rings. The maximum Gasteiger partial charge on any atom is 0.410 e. The first-order valence-electron chi connectivity index (χ1n) is 12.9. The van der Waals surface area contributed by atoms with Crippen LogP contribution in [0.25, 0.3) is 0 Å². The molecule has 3 aliphatic carbocycles. The molecule has 6 rings (SSSR count). The number of hydrogen-bond donors (Lipinski definition) is 0. The minimum absolute atomic E-state index is 0.158. The molecule has 6 nitrogen and oxygen atoms in total. The summed E-state index contributed by atoms with van der Waals surface area (Å²) in [5, 5.41) is 4.62. The van der Waals surface area contributed by atoms with Crippen LogP contribution in [0.5, 0.6) is 0 Å². The van der Waals surface area contributed by atoms with Crippen LogP contribution in [-0.2, 0) is 16.1 Å². The summed E-state index contributed by atoms with van der Waals surface area (Å²) < 4.78 is 18.2. The third-order valence-corrected chi connectivity index (χ3v) is 8.93. The van der Waals surface area contributed by atoms with Crippen molar-refractivity contribution in [2.45, 2.75) is 128 Å². The predicted octanol–water partition coefficient (Wildman–Crippen LogP) is 5.90. The Morgan fingerprint density at radius 1 is 1.16 bits per heavy atom. The first-order chi connectivity index (χ1) is 15.2. The van der Waals surface area contributed by atoms with Crippen LogP contribution in [0.15, 0.2) is 4.52 Å². The molecule has 2 bridgehead atoms. The van der Waals surface area contributed by atoms with Gasteiger partial charge in [0, 0.05) is 29.5 Å². The van der Waals surface area contributed by atoms with Crippen LogP contribution < -0.4 is 0 Å². The Morgan fingerprint density at radius 2 is 1.88 bits per heavy atom. The third kappa shape index (κ3) is 3.48. The van der Waals surface area contributed by atoms with Gasteiger partial charge in [-0.05, 0) is 83.5 Å². The van der Waals surface area contributed by atoms with E-state index in [2.05, 4.69) is 12.1 Å². The normalized spacial score (nSPS) is 38.1. The minimum atomic E-state index is -0.453. The van der Waals surface area contributed by atoms with Crippen LogP contribution in [-0.4, -0.2) is 39.9 Å². The summed E-state index contributed by atoms with van der Waals surface area (Å²) in [5.74, 6) is 3.00. The lowest BCUT2D eigenvalue weighted by Crippen LogP contribution is -2.50. The Balaban J connectivity index is 1.13. The molecule has 0 spiro atoms. The summed E-state index contributed by atoms with van der Waals surface area (Å²) in [4.78, 5) is 14.7. The Bertz CT molecular complexity index is 886. The van der Waals surface area contributed by atoms with Crippen LogP contribution in [0.4, 0.5) is 4.79 Å². The fourth-order valence-corrected chi connectivity index (χ4v) is 7.17. The average Bonchev–Trinajstić information content (AvgIpc) is 3.51. The van der Waals surface area contributed by atoms with E-state index in [1.54, 1.807) is 0 Å². The summed E-state index contributed by atoms with van der Waals surface area (Å²) in [5.41, 5.74) is 2.44. The second-order valence-corrected chi connectivity index (χ2v) is 12.3. The zero-order chi connectivity index (χ0) is 22.3. The Morgan fingerprint density at radius 3 is 2.47 bits per heavy atom. The maximum absolute atomic E-state index is 12.7. The molecule has 3 heterocycles. The van der Waals surface area contributed by atoms with E-state index in [0.29, 0.717) is 23.9 Å². The lowest BCUT2D eigenvalue weighted by molar-refractivity contribution is -0.0400. The van der Waals surface area contributed by atoms with Gasteiger partial charge in [-0.2, -0.15) is 0 Å². The van der Waals surface area contributed by atoms with Gasteiger partial charge in [0.15, 0.2) is 0 Å². The highest BCUT2D eigenvalue weighted by Crippen LogP contribution is 2.73. The highest BCUT2D eigenvalue weighted by Gasteiger charge is 2.65. The summed E-state index contributed by atoms with van der Waals surface area (Å²) in [7, 11) is 0. The van der Waals surface area contributed by atoms with E-state index >= 15 is 0 Å². The number of hydrogen-bond acceptors (Lipinski definition) is 5. The zero-order valence-electron chi connectivity index (χ0n) is 20.1. The van der Waals surface area contributed by atoms with Crippen LogP contribution in [0.1, 0.15) is 114 Å². The average molecular weight is 443 g/mol. The van der Waals surface area contributed by atoms with Gasteiger partial charge in [-0.3, -0.25) is 0 Å². The molecule has 5 atom stereocenters. The molecule has 1 amide bonds. The molecule has 1 aromatic heterocycles. The van der Waals surface area contributed by atoms with E-state index in [0.717, 1.165) is 37.4 Å². The minimum Gasteiger partial charge on any atom is -0.444 e. The highest BCUT2D eigenvalue weighted by molar-refractivity contribution is 5.69. The fourth-order valence-electron chi connectivity index (χ4n) is 7.17. The molecule has 0 N–H and O–H groups in total. The van der Waals surface area contributed by atoms with Crippen molar-refractivity contribution in [1.29, 1.82) is 0 Å². The van der Waals surface area contributed by atoms with Crippen LogP contribution in [0.2, 0.25) is 0 Å². The van der Waals surface area contributed by atoms with E-state index in [1.807, 2.05) is 25.7 Å². The van der Waals surface area contributed by atoms with Gasteiger partial charge >= 0.3 is 6.09 Å². The van der Waals surface area contributed by atoms with E-state index in [4.69, 9.17) is 14.0 Å². The van der Waals surface area contributed by atoms with Gasteiger partial charge in [-0.15, -0.1) is 0 Å². The van der Waals surface area contributed by atoms with Gasteiger partial charge in [0.25, 0.3) is 0 Å². The van der Waals surface area contributed by atoms with Crippen molar-refractivity contribution in [1.82, 2.24) is 10.1 Å². The SMILES string of the molecule is CC(C)(C)OC(=O)N1C2CCC1CC(OCc1c(C3C4CCCC43C)noc1C1CC1)C2. The van der Waals surface area contributed by atoms with Crippen LogP contribution in [0.3, 0.4) is 0 Å². The van der Waals surface area contributed by atoms with E-state index in [9.17, 15) is 4.79 Å². The van der Waals surface area contributed by atoms with E-state index in [-0.39, 0.29) is 24.3 Å². The van der Waals surface area contributed by atoms with Gasteiger partial charge in [0.05, 0.1) is 18.4 Å². The van der Waals surface area contributed by atoms with E-state index < -0.39 is 5.60 Å². The monoisotopic (exact) mass is 442 g/mol. The van der Waals surface area contributed by atoms with Gasteiger partial charge in [-0.1, -0.05) is 18.5 Å².